The molecule has 1 aromatic rings. The van der Waals surface area contributed by atoms with Crippen LogP contribution in [-0.4, -0.2) is 54.1 Å². The second-order valence-electron chi connectivity index (χ2n) is 6.96. The Bertz CT molecular complexity index is 674. The number of carbonyl (C=O) groups is 3. The number of aliphatic carboxylic acids is 1. The summed E-state index contributed by atoms with van der Waals surface area (Å²) in [5.41, 5.74) is 1.57. The maximum Gasteiger partial charge on any atom is 0.331 e. The van der Waals surface area contributed by atoms with E-state index in [2.05, 4.69) is 5.32 Å². The molecule has 2 N–H and O–H groups in total. The number of hydrogen-bond acceptors (Lipinski definition) is 4. The van der Waals surface area contributed by atoms with E-state index in [4.69, 9.17) is 5.11 Å². The van der Waals surface area contributed by atoms with Crippen LogP contribution in [0.3, 0.4) is 0 Å². The zero-order valence-corrected chi connectivity index (χ0v) is 16.0. The molecule has 0 aromatic heterocycles. The smallest absolute Gasteiger partial charge is 0.331 e. The molecule has 0 bridgehead atoms. The molecule has 27 heavy (non-hydrogen) atoms. The molecule has 2 aliphatic heterocycles. The van der Waals surface area contributed by atoms with Gasteiger partial charge in [0, 0.05) is 18.7 Å². The third-order valence-corrected chi connectivity index (χ3v) is 5.15. The first-order chi connectivity index (χ1) is 12.5. The summed E-state index contributed by atoms with van der Waals surface area (Å²) in [6.45, 7) is 2.56. The number of hydrogen-bond donors (Lipinski definition) is 2. The van der Waals surface area contributed by atoms with Gasteiger partial charge in [0.2, 0.25) is 0 Å². The van der Waals surface area contributed by atoms with E-state index in [1.54, 1.807) is 12.1 Å². The van der Waals surface area contributed by atoms with Crippen molar-refractivity contribution < 1.29 is 19.5 Å². The van der Waals surface area contributed by atoms with Gasteiger partial charge in [0.1, 0.15) is 6.54 Å². The van der Waals surface area contributed by atoms with Crippen LogP contribution in [0, 0.1) is 5.92 Å². The Labute approximate surface area is 165 Å². The van der Waals surface area contributed by atoms with E-state index in [1.807, 2.05) is 12.1 Å². The van der Waals surface area contributed by atoms with Crippen molar-refractivity contribution in [3.8, 4) is 0 Å². The zero-order valence-electron chi connectivity index (χ0n) is 15.2. The fourth-order valence-electron chi connectivity index (χ4n) is 3.54. The van der Waals surface area contributed by atoms with E-state index < -0.39 is 5.97 Å². The first-order valence-electron chi connectivity index (χ1n) is 9.18. The maximum absolute atomic E-state index is 12.6. The summed E-state index contributed by atoms with van der Waals surface area (Å²) in [6.07, 6.45) is 3.58. The van der Waals surface area contributed by atoms with Gasteiger partial charge < -0.3 is 10.4 Å². The van der Waals surface area contributed by atoms with Gasteiger partial charge in [-0.05, 0) is 62.4 Å². The molecule has 3 amide bonds. The molecule has 7 nitrogen and oxygen atoms in total. The fraction of sp³-hybridized carbons (Fsp3) is 0.526. The monoisotopic (exact) mass is 395 g/mol. The molecule has 0 saturated carbocycles. The molecule has 3 rings (SSSR count). The van der Waals surface area contributed by atoms with Crippen molar-refractivity contribution in [3.05, 3.63) is 29.8 Å². The first-order valence-corrected chi connectivity index (χ1v) is 9.18. The van der Waals surface area contributed by atoms with Crippen molar-refractivity contribution in [1.82, 2.24) is 10.2 Å². The van der Waals surface area contributed by atoms with Crippen molar-refractivity contribution in [2.45, 2.75) is 32.1 Å². The topological polar surface area (TPSA) is 89.9 Å². The predicted octanol–water partition coefficient (Wildman–Crippen LogP) is 2.28. The van der Waals surface area contributed by atoms with Gasteiger partial charge in [0.05, 0.1) is 0 Å². The van der Waals surface area contributed by atoms with Crippen LogP contribution < -0.4 is 10.2 Å². The standard InChI is InChI=1S/C19H25N3O4.ClH/c23-17-13-22(16-4-1-14(2-5-16)3-6-18(24)25)19(26)21(17)12-9-15-7-10-20-11-8-15;/h1-2,4-5,15,20H,3,6-13H2,(H,24,25);1H. The minimum absolute atomic E-state index is 0. The third kappa shape index (κ3) is 5.43. The van der Waals surface area contributed by atoms with Gasteiger partial charge in [-0.2, -0.15) is 0 Å². The number of anilines is 1. The Balaban J connectivity index is 0.00000261. The van der Waals surface area contributed by atoms with Crippen LogP contribution in [0.1, 0.15) is 31.2 Å². The van der Waals surface area contributed by atoms with Gasteiger partial charge in [-0.3, -0.25) is 19.4 Å². The average Bonchev–Trinajstić information content (AvgIpc) is 2.93. The lowest BCUT2D eigenvalue weighted by Crippen LogP contribution is -2.36. The van der Waals surface area contributed by atoms with Crippen molar-refractivity contribution in [3.63, 3.8) is 0 Å². The number of piperidine rings is 1. The second-order valence-corrected chi connectivity index (χ2v) is 6.96. The van der Waals surface area contributed by atoms with Gasteiger partial charge >= 0.3 is 12.0 Å². The van der Waals surface area contributed by atoms with Crippen LogP contribution in [-0.2, 0) is 16.0 Å². The summed E-state index contributed by atoms with van der Waals surface area (Å²) < 4.78 is 0. The van der Waals surface area contributed by atoms with Crippen LogP contribution in [0.25, 0.3) is 0 Å². The Kier molecular flexibility index (Phi) is 7.62. The lowest BCUT2D eigenvalue weighted by Gasteiger charge is -2.24. The summed E-state index contributed by atoms with van der Waals surface area (Å²) in [7, 11) is 0. The van der Waals surface area contributed by atoms with Crippen LogP contribution in [0.15, 0.2) is 24.3 Å². The van der Waals surface area contributed by atoms with E-state index in [0.29, 0.717) is 24.6 Å². The van der Waals surface area contributed by atoms with Gasteiger partial charge in [-0.15, -0.1) is 12.4 Å². The van der Waals surface area contributed by atoms with Crippen LogP contribution in [0.2, 0.25) is 0 Å². The SMILES string of the molecule is Cl.O=C(O)CCc1ccc(N2CC(=O)N(CCC3CCNCC3)C2=O)cc1. The fourth-order valence-corrected chi connectivity index (χ4v) is 3.54. The Morgan fingerprint density at radius 2 is 1.81 bits per heavy atom. The second kappa shape index (κ2) is 9.71. The average molecular weight is 396 g/mol. The van der Waals surface area contributed by atoms with Gasteiger partial charge in [-0.25, -0.2) is 4.79 Å². The number of carboxylic acids is 1. The number of rotatable bonds is 7. The number of benzene rings is 1. The Morgan fingerprint density at radius 3 is 2.44 bits per heavy atom. The molecule has 148 valence electrons. The molecule has 0 aliphatic carbocycles. The summed E-state index contributed by atoms with van der Waals surface area (Å²) in [5, 5.41) is 12.1. The summed E-state index contributed by atoms with van der Waals surface area (Å²) in [6, 6.07) is 6.92. The number of urea groups is 1. The molecular weight excluding hydrogens is 370 g/mol. The van der Waals surface area contributed by atoms with E-state index in [-0.39, 0.29) is 37.3 Å². The summed E-state index contributed by atoms with van der Waals surface area (Å²) in [4.78, 5) is 38.4. The summed E-state index contributed by atoms with van der Waals surface area (Å²) >= 11 is 0. The molecule has 1 aromatic carbocycles. The number of imide groups is 1. The van der Waals surface area contributed by atoms with E-state index in [1.165, 1.54) is 9.80 Å². The van der Waals surface area contributed by atoms with Crippen molar-refractivity contribution in [2.24, 2.45) is 5.92 Å². The molecule has 0 unspecified atom stereocenters. The minimum atomic E-state index is -0.834. The zero-order chi connectivity index (χ0) is 18.5. The lowest BCUT2D eigenvalue weighted by atomic mass is 9.94. The van der Waals surface area contributed by atoms with Crippen LogP contribution in [0.4, 0.5) is 10.5 Å². The van der Waals surface area contributed by atoms with Crippen molar-refractivity contribution >= 4 is 36.0 Å². The quantitative estimate of drug-likeness (QED) is 0.691. The third-order valence-electron chi connectivity index (χ3n) is 5.15. The minimum Gasteiger partial charge on any atom is -0.481 e. The van der Waals surface area contributed by atoms with Crippen LogP contribution in [0.5, 0.6) is 0 Å². The van der Waals surface area contributed by atoms with E-state index in [9.17, 15) is 14.4 Å². The molecule has 0 atom stereocenters. The van der Waals surface area contributed by atoms with E-state index >= 15 is 0 Å². The normalized spacial score (nSPS) is 17.9. The van der Waals surface area contributed by atoms with Crippen LogP contribution >= 0.6 is 12.4 Å². The van der Waals surface area contributed by atoms with Gasteiger partial charge in [0.15, 0.2) is 0 Å². The van der Waals surface area contributed by atoms with Crippen molar-refractivity contribution in [1.29, 1.82) is 0 Å². The Hall–Kier alpha value is -2.12. The molecular formula is C19H26ClN3O4. The lowest BCUT2D eigenvalue weighted by molar-refractivity contribution is -0.137. The highest BCUT2D eigenvalue weighted by Gasteiger charge is 2.36. The number of halogens is 1. The van der Waals surface area contributed by atoms with Crippen molar-refractivity contribution in [2.75, 3.05) is 31.1 Å². The molecule has 2 fully saturated rings. The highest BCUT2D eigenvalue weighted by atomic mass is 35.5. The number of aryl methyl sites for hydroxylation is 1. The van der Waals surface area contributed by atoms with Gasteiger partial charge in [-0.1, -0.05) is 12.1 Å². The van der Waals surface area contributed by atoms with E-state index in [0.717, 1.165) is 37.9 Å². The Morgan fingerprint density at radius 1 is 1.15 bits per heavy atom. The first kappa shape index (κ1) is 21.2. The van der Waals surface area contributed by atoms with Gasteiger partial charge in [0.25, 0.3) is 5.91 Å². The molecule has 2 aliphatic rings. The number of nitrogens with one attached hydrogen (secondary N) is 1. The number of nitrogens with zero attached hydrogens (tertiary/aromatic N) is 2. The highest BCUT2D eigenvalue weighted by Crippen LogP contribution is 2.24. The molecule has 0 spiro atoms. The number of carboxylic acid groups (broad SMARTS) is 1. The molecule has 2 heterocycles. The summed E-state index contributed by atoms with van der Waals surface area (Å²) in [5.74, 6) is -0.419. The molecule has 2 saturated heterocycles. The molecule has 8 heteroatoms. The predicted molar refractivity (Wildman–Crippen MR) is 104 cm³/mol. The largest absolute Gasteiger partial charge is 0.481 e. The maximum atomic E-state index is 12.6. The highest BCUT2D eigenvalue weighted by molar-refractivity contribution is 6.12. The number of carbonyl (C=O) groups excluding carboxylic acids is 2. The number of amides is 3. The molecule has 0 radical (unpaired) electrons.